The summed E-state index contributed by atoms with van der Waals surface area (Å²) in [6.07, 6.45) is 4.84. The van der Waals surface area contributed by atoms with Crippen LogP contribution in [0.25, 0.3) is 50.4 Å². The van der Waals surface area contributed by atoms with Gasteiger partial charge in [0.15, 0.2) is 11.5 Å². The Morgan fingerprint density at radius 1 is 0.871 bits per heavy atom. The number of aromatic nitrogens is 6. The Labute approximate surface area is 176 Å². The lowest BCUT2D eigenvalue weighted by Gasteiger charge is -2.13. The normalized spacial score (nSPS) is 14.3. The molecular weight excluding hydrogens is 393 g/mol. The van der Waals surface area contributed by atoms with E-state index in [9.17, 15) is 4.39 Å². The van der Waals surface area contributed by atoms with Crippen molar-refractivity contribution in [3.8, 4) is 22.8 Å². The second kappa shape index (κ2) is 7.10. The van der Waals surface area contributed by atoms with Crippen molar-refractivity contribution in [1.82, 2.24) is 35.5 Å². The molecule has 0 bridgehead atoms. The highest BCUT2D eigenvalue weighted by Gasteiger charge is 2.18. The smallest absolute Gasteiger partial charge is 0.161 e. The van der Waals surface area contributed by atoms with Gasteiger partial charge in [-0.25, -0.2) is 14.4 Å². The highest BCUT2D eigenvalue weighted by atomic mass is 19.1. The van der Waals surface area contributed by atoms with E-state index in [1.54, 1.807) is 18.3 Å². The second-order valence-electron chi connectivity index (χ2n) is 7.50. The number of H-pyrrole nitrogens is 2. The molecule has 0 atom stereocenters. The van der Waals surface area contributed by atoms with Crippen molar-refractivity contribution in [2.75, 3.05) is 13.1 Å². The van der Waals surface area contributed by atoms with Crippen LogP contribution >= 0.6 is 0 Å². The van der Waals surface area contributed by atoms with Crippen LogP contribution in [0.3, 0.4) is 0 Å². The van der Waals surface area contributed by atoms with Crippen LogP contribution in [0, 0.1) is 5.82 Å². The largest absolute Gasteiger partial charge is 0.336 e. The van der Waals surface area contributed by atoms with Crippen LogP contribution in [-0.2, 0) is 0 Å². The zero-order chi connectivity index (χ0) is 20.8. The highest BCUT2D eigenvalue weighted by Crippen LogP contribution is 2.30. The van der Waals surface area contributed by atoms with Gasteiger partial charge in [0.25, 0.3) is 0 Å². The third kappa shape index (κ3) is 3.08. The summed E-state index contributed by atoms with van der Waals surface area (Å²) >= 11 is 0. The number of hydrogen-bond donors (Lipinski definition) is 3. The molecule has 0 aliphatic carbocycles. The van der Waals surface area contributed by atoms with Crippen molar-refractivity contribution in [2.24, 2.45) is 0 Å². The number of aromatic amines is 2. The van der Waals surface area contributed by atoms with Crippen molar-refractivity contribution in [2.45, 2.75) is 6.42 Å². The minimum absolute atomic E-state index is 0.285. The number of nitrogens with one attached hydrogen (secondary N) is 3. The van der Waals surface area contributed by atoms with Crippen LogP contribution in [0.4, 0.5) is 4.39 Å². The Kier molecular flexibility index (Phi) is 4.10. The monoisotopic (exact) mass is 411 g/mol. The van der Waals surface area contributed by atoms with Crippen LogP contribution in [0.5, 0.6) is 0 Å². The fourth-order valence-corrected chi connectivity index (χ4v) is 3.96. The lowest BCUT2D eigenvalue weighted by molar-refractivity contribution is 0.628. The molecule has 3 N–H and O–H groups in total. The lowest BCUT2D eigenvalue weighted by atomic mass is 10.1. The lowest BCUT2D eigenvalue weighted by Crippen LogP contribution is -2.20. The molecule has 0 fully saturated rings. The van der Waals surface area contributed by atoms with Gasteiger partial charge in [0, 0.05) is 18.3 Å². The maximum atomic E-state index is 13.4. The Morgan fingerprint density at radius 2 is 1.74 bits per heavy atom. The van der Waals surface area contributed by atoms with Crippen LogP contribution in [0.2, 0.25) is 0 Å². The van der Waals surface area contributed by atoms with Crippen LogP contribution < -0.4 is 5.32 Å². The van der Waals surface area contributed by atoms with E-state index in [-0.39, 0.29) is 5.82 Å². The van der Waals surface area contributed by atoms with Gasteiger partial charge in [0.2, 0.25) is 0 Å². The van der Waals surface area contributed by atoms with Gasteiger partial charge in [0.1, 0.15) is 16.9 Å². The number of fused-ring (bicyclic) bond motifs is 2. The predicted octanol–water partition coefficient (Wildman–Crippen LogP) is 4.08. The molecule has 0 amide bonds. The Balaban J connectivity index is 1.48. The molecule has 1 aliphatic rings. The van der Waals surface area contributed by atoms with Gasteiger partial charge in [-0.05, 0) is 61.0 Å². The van der Waals surface area contributed by atoms with Crippen LogP contribution in [0.1, 0.15) is 12.1 Å². The van der Waals surface area contributed by atoms with E-state index in [4.69, 9.17) is 9.97 Å². The number of rotatable bonds is 3. The number of benzene rings is 1. The Bertz CT molecular complexity index is 1450. The molecule has 8 heteroatoms. The minimum atomic E-state index is -0.285. The number of imidazole rings is 1. The summed E-state index contributed by atoms with van der Waals surface area (Å²) in [7, 11) is 0. The molecule has 31 heavy (non-hydrogen) atoms. The molecule has 1 aliphatic heterocycles. The number of pyridine rings is 2. The maximum absolute atomic E-state index is 13.4. The van der Waals surface area contributed by atoms with E-state index in [0.717, 1.165) is 47.3 Å². The summed E-state index contributed by atoms with van der Waals surface area (Å²) < 4.78 is 13.4. The first kappa shape index (κ1) is 17.9. The molecule has 152 valence electrons. The third-order valence-electron chi connectivity index (χ3n) is 5.54. The van der Waals surface area contributed by atoms with Gasteiger partial charge < -0.3 is 10.3 Å². The van der Waals surface area contributed by atoms with Crippen molar-refractivity contribution in [3.05, 3.63) is 66.2 Å². The van der Waals surface area contributed by atoms with Gasteiger partial charge in [-0.1, -0.05) is 6.08 Å². The van der Waals surface area contributed by atoms with Gasteiger partial charge in [0.05, 0.1) is 22.4 Å². The van der Waals surface area contributed by atoms with Crippen LogP contribution in [0.15, 0.2) is 54.7 Å². The fourth-order valence-electron chi connectivity index (χ4n) is 3.96. The van der Waals surface area contributed by atoms with Gasteiger partial charge in [-0.3, -0.25) is 10.1 Å². The maximum Gasteiger partial charge on any atom is 0.161 e. The molecule has 0 saturated carbocycles. The number of nitrogens with zero attached hydrogens (tertiary/aromatic N) is 4. The first-order valence-electron chi connectivity index (χ1n) is 10.1. The molecule has 0 unspecified atom stereocenters. The topological polar surface area (TPSA) is 95.2 Å². The van der Waals surface area contributed by atoms with Crippen molar-refractivity contribution in [1.29, 1.82) is 0 Å². The quantitative estimate of drug-likeness (QED) is 0.416. The average Bonchev–Trinajstić information content (AvgIpc) is 3.43. The zero-order valence-electron chi connectivity index (χ0n) is 16.5. The van der Waals surface area contributed by atoms with E-state index in [0.29, 0.717) is 22.7 Å². The third-order valence-corrected chi connectivity index (χ3v) is 5.54. The summed E-state index contributed by atoms with van der Waals surface area (Å²) in [6, 6.07) is 12.2. The second-order valence-corrected chi connectivity index (χ2v) is 7.50. The van der Waals surface area contributed by atoms with Crippen LogP contribution in [-0.4, -0.2) is 43.2 Å². The fraction of sp³-hybridized carbons (Fsp3) is 0.130. The summed E-state index contributed by atoms with van der Waals surface area (Å²) in [4.78, 5) is 17.5. The van der Waals surface area contributed by atoms with Crippen molar-refractivity contribution < 1.29 is 4.39 Å². The minimum Gasteiger partial charge on any atom is -0.336 e. The Morgan fingerprint density at radius 3 is 2.58 bits per heavy atom. The van der Waals surface area contributed by atoms with Gasteiger partial charge >= 0.3 is 0 Å². The molecule has 7 nitrogen and oxygen atoms in total. The Hall–Kier alpha value is -3.91. The van der Waals surface area contributed by atoms with E-state index < -0.39 is 0 Å². The summed E-state index contributed by atoms with van der Waals surface area (Å²) in [5, 5.41) is 10.9. The molecule has 4 aromatic heterocycles. The first-order chi connectivity index (χ1) is 15.3. The number of hydrogen-bond acceptors (Lipinski definition) is 5. The molecule has 0 radical (unpaired) electrons. The molecule has 1 aromatic carbocycles. The molecule has 5 aromatic rings. The average molecular weight is 411 g/mol. The number of halogens is 1. The summed E-state index contributed by atoms with van der Waals surface area (Å²) in [5.41, 5.74) is 7.51. The molecule has 5 heterocycles. The molecule has 0 spiro atoms. The van der Waals surface area contributed by atoms with E-state index in [1.165, 1.54) is 17.7 Å². The predicted molar refractivity (Wildman–Crippen MR) is 118 cm³/mol. The SMILES string of the molecule is Fc1ccc(-c2nccc3[nH]c(-c4n[nH]c5ccc(C6=CCNCC6)nc45)nc23)cc1. The standard InChI is InChI=1S/C23H18FN7/c24-15-3-1-14(2-4-15)19-20-17(9-12-26-19)28-23(29-20)22-21-18(30-31-22)6-5-16(27-21)13-7-10-25-11-8-13/h1-7,9,12,25H,8,10-11H2,(H,28,29)(H,30,31). The van der Waals surface area contributed by atoms with E-state index >= 15 is 0 Å². The molecule has 0 saturated heterocycles. The zero-order valence-corrected chi connectivity index (χ0v) is 16.5. The van der Waals surface area contributed by atoms with Crippen molar-refractivity contribution in [3.63, 3.8) is 0 Å². The highest BCUT2D eigenvalue weighted by molar-refractivity contribution is 5.94. The van der Waals surface area contributed by atoms with Gasteiger partial charge in [-0.15, -0.1) is 0 Å². The molecular formula is C23H18FN7. The van der Waals surface area contributed by atoms with Gasteiger partial charge in [-0.2, -0.15) is 5.10 Å². The molecule has 6 rings (SSSR count). The first-order valence-corrected chi connectivity index (χ1v) is 10.1. The summed E-state index contributed by atoms with van der Waals surface area (Å²) in [6.45, 7) is 1.81. The summed E-state index contributed by atoms with van der Waals surface area (Å²) in [5.74, 6) is 0.328. The van der Waals surface area contributed by atoms with E-state index in [2.05, 4.69) is 31.6 Å². The van der Waals surface area contributed by atoms with E-state index in [1.807, 2.05) is 18.2 Å². The van der Waals surface area contributed by atoms with Crippen molar-refractivity contribution >= 4 is 27.6 Å².